The Morgan fingerprint density at radius 3 is 2.76 bits per heavy atom. The number of amides is 2. The van der Waals surface area contributed by atoms with Crippen molar-refractivity contribution in [2.24, 2.45) is 0 Å². The van der Waals surface area contributed by atoms with E-state index in [9.17, 15) is 4.79 Å². The quantitative estimate of drug-likeness (QED) is 0.839. The number of thioether (sulfide) groups is 1. The molecule has 0 aliphatic carbocycles. The van der Waals surface area contributed by atoms with Crippen molar-refractivity contribution in [2.45, 2.75) is 31.2 Å². The molecular weight excluding hydrogens is 332 g/mol. The largest absolute Gasteiger partial charge is 0.357 e. The lowest BCUT2D eigenvalue weighted by Crippen LogP contribution is -2.34. The van der Waals surface area contributed by atoms with Crippen LogP contribution in [0, 0.1) is 0 Å². The second-order valence-electron chi connectivity index (χ2n) is 5.90. The summed E-state index contributed by atoms with van der Waals surface area (Å²) in [4.78, 5) is 20.2. The molecule has 0 fully saturated rings. The SMILES string of the molecule is CCN(CC)c1ccc(NC(=O)N[C@H]2CCSc3ccccc32)cn1. The second-order valence-corrected chi connectivity index (χ2v) is 7.04. The van der Waals surface area contributed by atoms with Gasteiger partial charge in [-0.3, -0.25) is 0 Å². The summed E-state index contributed by atoms with van der Waals surface area (Å²) >= 11 is 1.85. The van der Waals surface area contributed by atoms with E-state index in [0.717, 1.165) is 31.1 Å². The number of nitrogens with one attached hydrogen (secondary N) is 2. The average Bonchev–Trinajstić information content (AvgIpc) is 2.64. The molecular formula is C19H24N4OS. The van der Waals surface area contributed by atoms with E-state index in [0.29, 0.717) is 5.69 Å². The number of carbonyl (C=O) groups excluding carboxylic acids is 1. The van der Waals surface area contributed by atoms with Gasteiger partial charge in [-0.25, -0.2) is 9.78 Å². The Labute approximate surface area is 153 Å². The highest BCUT2D eigenvalue weighted by molar-refractivity contribution is 7.99. The van der Waals surface area contributed by atoms with Crippen LogP contribution in [0.15, 0.2) is 47.5 Å². The summed E-state index contributed by atoms with van der Waals surface area (Å²) < 4.78 is 0. The molecule has 5 nitrogen and oxygen atoms in total. The van der Waals surface area contributed by atoms with Crippen LogP contribution in [0.2, 0.25) is 0 Å². The number of anilines is 2. The summed E-state index contributed by atoms with van der Waals surface area (Å²) in [5.74, 6) is 1.94. The first-order valence-corrected chi connectivity index (χ1v) is 9.70. The molecule has 1 aliphatic rings. The summed E-state index contributed by atoms with van der Waals surface area (Å²) in [6.45, 7) is 6.03. The first-order chi connectivity index (χ1) is 12.2. The van der Waals surface area contributed by atoms with E-state index >= 15 is 0 Å². The Balaban J connectivity index is 1.62. The molecule has 2 amide bonds. The number of aromatic nitrogens is 1. The van der Waals surface area contributed by atoms with Crippen molar-refractivity contribution >= 4 is 29.3 Å². The van der Waals surface area contributed by atoms with Gasteiger partial charge in [0.05, 0.1) is 17.9 Å². The molecule has 2 heterocycles. The molecule has 1 aromatic heterocycles. The summed E-state index contributed by atoms with van der Waals surface area (Å²) in [5.41, 5.74) is 1.90. The van der Waals surface area contributed by atoms with Gasteiger partial charge < -0.3 is 15.5 Å². The molecule has 1 atom stereocenters. The Morgan fingerprint density at radius 2 is 2.04 bits per heavy atom. The third kappa shape index (κ3) is 4.25. The summed E-state index contributed by atoms with van der Waals surface area (Å²) in [5, 5.41) is 5.97. The summed E-state index contributed by atoms with van der Waals surface area (Å²) in [6, 6.07) is 12.0. The average molecular weight is 356 g/mol. The predicted molar refractivity (Wildman–Crippen MR) is 104 cm³/mol. The Hall–Kier alpha value is -2.21. The maximum absolute atomic E-state index is 12.4. The van der Waals surface area contributed by atoms with Crippen LogP contribution in [0.1, 0.15) is 31.9 Å². The van der Waals surface area contributed by atoms with E-state index in [1.807, 2.05) is 36.0 Å². The normalized spacial score (nSPS) is 16.0. The van der Waals surface area contributed by atoms with E-state index in [2.05, 4.69) is 46.5 Å². The lowest BCUT2D eigenvalue weighted by atomic mass is 10.0. The monoisotopic (exact) mass is 356 g/mol. The number of hydrogen-bond donors (Lipinski definition) is 2. The van der Waals surface area contributed by atoms with Gasteiger partial charge in [-0.15, -0.1) is 11.8 Å². The van der Waals surface area contributed by atoms with Gasteiger partial charge in [-0.2, -0.15) is 0 Å². The number of pyridine rings is 1. The molecule has 2 N–H and O–H groups in total. The van der Waals surface area contributed by atoms with E-state index < -0.39 is 0 Å². The van der Waals surface area contributed by atoms with Crippen LogP contribution >= 0.6 is 11.8 Å². The molecule has 1 aliphatic heterocycles. The lowest BCUT2D eigenvalue weighted by molar-refractivity contribution is 0.248. The predicted octanol–water partition coefficient (Wildman–Crippen LogP) is 4.29. The maximum atomic E-state index is 12.4. The van der Waals surface area contributed by atoms with Gasteiger partial charge in [0.25, 0.3) is 0 Å². The highest BCUT2D eigenvalue weighted by Crippen LogP contribution is 2.35. The van der Waals surface area contributed by atoms with Crippen molar-refractivity contribution in [3.8, 4) is 0 Å². The molecule has 0 bridgehead atoms. The van der Waals surface area contributed by atoms with Gasteiger partial charge in [-0.05, 0) is 44.0 Å². The summed E-state index contributed by atoms with van der Waals surface area (Å²) in [7, 11) is 0. The van der Waals surface area contributed by atoms with Crippen molar-refractivity contribution in [1.29, 1.82) is 0 Å². The van der Waals surface area contributed by atoms with Crippen molar-refractivity contribution in [3.63, 3.8) is 0 Å². The number of nitrogens with zero attached hydrogens (tertiary/aromatic N) is 2. The highest BCUT2D eigenvalue weighted by atomic mass is 32.2. The molecule has 1 aromatic carbocycles. The molecule has 3 rings (SSSR count). The van der Waals surface area contributed by atoms with Crippen LogP contribution in [0.5, 0.6) is 0 Å². The first-order valence-electron chi connectivity index (χ1n) is 8.71. The third-order valence-electron chi connectivity index (χ3n) is 4.36. The van der Waals surface area contributed by atoms with Crippen LogP contribution in [0.4, 0.5) is 16.3 Å². The van der Waals surface area contributed by atoms with Crippen LogP contribution < -0.4 is 15.5 Å². The molecule has 0 saturated carbocycles. The van der Waals surface area contributed by atoms with Crippen LogP contribution in [-0.4, -0.2) is 29.9 Å². The Bertz CT molecular complexity index is 716. The molecule has 25 heavy (non-hydrogen) atoms. The zero-order valence-electron chi connectivity index (χ0n) is 14.7. The van der Waals surface area contributed by atoms with Crippen molar-refractivity contribution in [2.75, 3.05) is 29.1 Å². The molecule has 0 radical (unpaired) electrons. The molecule has 6 heteroatoms. The highest BCUT2D eigenvalue weighted by Gasteiger charge is 2.21. The van der Waals surface area contributed by atoms with Gasteiger partial charge in [0.1, 0.15) is 5.82 Å². The van der Waals surface area contributed by atoms with Crippen LogP contribution in [0.3, 0.4) is 0 Å². The fraction of sp³-hybridized carbons (Fsp3) is 0.368. The van der Waals surface area contributed by atoms with E-state index in [1.165, 1.54) is 10.5 Å². The van der Waals surface area contributed by atoms with Gasteiger partial charge in [0.15, 0.2) is 0 Å². The molecule has 132 valence electrons. The van der Waals surface area contributed by atoms with Gasteiger partial charge in [0.2, 0.25) is 0 Å². The van der Waals surface area contributed by atoms with Gasteiger partial charge in [0, 0.05) is 23.7 Å². The van der Waals surface area contributed by atoms with E-state index in [-0.39, 0.29) is 12.1 Å². The molecule has 0 unspecified atom stereocenters. The minimum absolute atomic E-state index is 0.0559. The Morgan fingerprint density at radius 1 is 1.24 bits per heavy atom. The van der Waals surface area contributed by atoms with Crippen molar-refractivity contribution < 1.29 is 4.79 Å². The maximum Gasteiger partial charge on any atom is 0.319 e. The number of fused-ring (bicyclic) bond motifs is 1. The molecule has 0 spiro atoms. The van der Waals surface area contributed by atoms with Crippen molar-refractivity contribution in [1.82, 2.24) is 10.3 Å². The number of urea groups is 1. The standard InChI is InChI=1S/C19H24N4OS/c1-3-23(4-2)18-10-9-14(13-20-18)21-19(24)22-16-11-12-25-17-8-6-5-7-15(16)17/h5-10,13,16H,3-4,11-12H2,1-2H3,(H2,21,22,24)/t16-/m0/s1. The fourth-order valence-corrected chi connectivity index (χ4v) is 4.14. The molecule has 0 saturated heterocycles. The Kier molecular flexibility index (Phi) is 5.81. The van der Waals surface area contributed by atoms with E-state index in [4.69, 9.17) is 0 Å². The fourth-order valence-electron chi connectivity index (χ4n) is 3.01. The molecule has 2 aromatic rings. The summed E-state index contributed by atoms with van der Waals surface area (Å²) in [6.07, 6.45) is 2.64. The van der Waals surface area contributed by atoms with Crippen molar-refractivity contribution in [3.05, 3.63) is 48.2 Å². The smallest absolute Gasteiger partial charge is 0.319 e. The second kappa shape index (κ2) is 8.25. The number of carbonyl (C=O) groups is 1. The van der Waals surface area contributed by atoms with Crippen LogP contribution in [0.25, 0.3) is 0 Å². The minimum atomic E-state index is -0.191. The van der Waals surface area contributed by atoms with E-state index in [1.54, 1.807) is 6.20 Å². The topological polar surface area (TPSA) is 57.3 Å². The number of hydrogen-bond acceptors (Lipinski definition) is 4. The minimum Gasteiger partial charge on any atom is -0.357 e. The third-order valence-corrected chi connectivity index (χ3v) is 5.48. The zero-order valence-corrected chi connectivity index (χ0v) is 15.5. The van der Waals surface area contributed by atoms with Gasteiger partial charge >= 0.3 is 6.03 Å². The number of rotatable bonds is 5. The number of benzene rings is 1. The first kappa shape index (κ1) is 17.6. The lowest BCUT2D eigenvalue weighted by Gasteiger charge is -2.26. The van der Waals surface area contributed by atoms with Crippen LogP contribution in [-0.2, 0) is 0 Å². The van der Waals surface area contributed by atoms with Gasteiger partial charge in [-0.1, -0.05) is 18.2 Å². The zero-order chi connectivity index (χ0) is 17.6.